The number of carbonyl (C=O) groups is 1. The zero-order chi connectivity index (χ0) is 12.4. The van der Waals surface area contributed by atoms with Gasteiger partial charge in [0.25, 0.3) is 0 Å². The fraction of sp³-hybridized carbons (Fsp3) is 0.0833. The van der Waals surface area contributed by atoms with E-state index in [1.54, 1.807) is 24.4 Å². The molecule has 0 saturated heterocycles. The standard InChI is InChI=1S/C12H10ClN3O/c1-7-6-8(2-3-9(7)11(14)17)10-4-5-15-12(13)16-10/h2-6H,1H3,(H2,14,17). The van der Waals surface area contributed by atoms with Gasteiger partial charge in [-0.25, -0.2) is 9.97 Å². The van der Waals surface area contributed by atoms with Crippen molar-refractivity contribution in [3.05, 3.63) is 46.9 Å². The molecule has 0 aliphatic carbocycles. The maximum Gasteiger partial charge on any atom is 0.248 e. The number of benzene rings is 1. The molecule has 0 radical (unpaired) electrons. The number of nitrogens with zero attached hydrogens (tertiary/aromatic N) is 2. The Morgan fingerprint density at radius 2 is 2.12 bits per heavy atom. The summed E-state index contributed by atoms with van der Waals surface area (Å²) in [7, 11) is 0. The summed E-state index contributed by atoms with van der Waals surface area (Å²) in [5.41, 5.74) is 8.14. The molecular formula is C12H10ClN3O. The first-order chi connectivity index (χ1) is 8.08. The number of aromatic nitrogens is 2. The van der Waals surface area contributed by atoms with Gasteiger partial charge in [0.15, 0.2) is 0 Å². The normalized spacial score (nSPS) is 10.2. The van der Waals surface area contributed by atoms with Crippen molar-refractivity contribution in [1.82, 2.24) is 9.97 Å². The number of hydrogen-bond donors (Lipinski definition) is 1. The third kappa shape index (κ3) is 2.42. The van der Waals surface area contributed by atoms with E-state index in [1.165, 1.54) is 0 Å². The van der Waals surface area contributed by atoms with Crippen molar-refractivity contribution >= 4 is 17.5 Å². The third-order valence-electron chi connectivity index (χ3n) is 2.41. The molecule has 1 aromatic heterocycles. The van der Waals surface area contributed by atoms with Crippen LogP contribution in [-0.4, -0.2) is 15.9 Å². The van der Waals surface area contributed by atoms with Crippen molar-refractivity contribution in [2.75, 3.05) is 0 Å². The summed E-state index contributed by atoms with van der Waals surface area (Å²) in [6, 6.07) is 7.07. The molecule has 0 aliphatic heterocycles. The second-order valence-corrected chi connectivity index (χ2v) is 3.94. The van der Waals surface area contributed by atoms with E-state index in [-0.39, 0.29) is 5.28 Å². The Bertz CT molecular complexity index is 584. The van der Waals surface area contributed by atoms with E-state index in [0.717, 1.165) is 11.1 Å². The molecule has 1 aromatic carbocycles. The number of carbonyl (C=O) groups excluding carboxylic acids is 1. The van der Waals surface area contributed by atoms with Crippen LogP contribution in [0.3, 0.4) is 0 Å². The average Bonchev–Trinajstić information content (AvgIpc) is 2.28. The minimum Gasteiger partial charge on any atom is -0.366 e. The Kier molecular flexibility index (Phi) is 3.06. The van der Waals surface area contributed by atoms with Crippen LogP contribution >= 0.6 is 11.6 Å². The molecule has 0 fully saturated rings. The first kappa shape index (κ1) is 11.5. The van der Waals surface area contributed by atoms with Crippen LogP contribution in [-0.2, 0) is 0 Å². The summed E-state index contributed by atoms with van der Waals surface area (Å²) in [4.78, 5) is 19.0. The number of aryl methyl sites for hydroxylation is 1. The average molecular weight is 248 g/mol. The lowest BCUT2D eigenvalue weighted by Gasteiger charge is -2.05. The largest absolute Gasteiger partial charge is 0.366 e. The Labute approximate surface area is 103 Å². The zero-order valence-corrected chi connectivity index (χ0v) is 9.90. The van der Waals surface area contributed by atoms with Crippen LogP contribution < -0.4 is 5.73 Å². The molecule has 5 heteroatoms. The summed E-state index contributed by atoms with van der Waals surface area (Å²) in [6.45, 7) is 1.83. The predicted octanol–water partition coefficient (Wildman–Crippen LogP) is 2.20. The molecule has 1 heterocycles. The molecule has 4 nitrogen and oxygen atoms in total. The SMILES string of the molecule is Cc1cc(-c2ccnc(Cl)n2)ccc1C(N)=O. The molecule has 17 heavy (non-hydrogen) atoms. The van der Waals surface area contributed by atoms with Gasteiger partial charge in [-0.1, -0.05) is 6.07 Å². The van der Waals surface area contributed by atoms with Crippen molar-refractivity contribution in [1.29, 1.82) is 0 Å². The van der Waals surface area contributed by atoms with Crippen LogP contribution in [0, 0.1) is 6.92 Å². The van der Waals surface area contributed by atoms with Gasteiger partial charge in [0.1, 0.15) is 0 Å². The predicted molar refractivity (Wildman–Crippen MR) is 65.7 cm³/mol. The fourth-order valence-corrected chi connectivity index (χ4v) is 1.74. The van der Waals surface area contributed by atoms with Crippen LogP contribution in [0.5, 0.6) is 0 Å². The summed E-state index contributed by atoms with van der Waals surface area (Å²) in [6.07, 6.45) is 1.59. The van der Waals surface area contributed by atoms with Crippen LogP contribution in [0.2, 0.25) is 5.28 Å². The Morgan fingerprint density at radius 3 is 2.71 bits per heavy atom. The van der Waals surface area contributed by atoms with Crippen molar-refractivity contribution in [3.8, 4) is 11.3 Å². The van der Waals surface area contributed by atoms with E-state index < -0.39 is 5.91 Å². The van der Waals surface area contributed by atoms with Crippen molar-refractivity contribution < 1.29 is 4.79 Å². The quantitative estimate of drug-likeness (QED) is 0.827. The van der Waals surface area contributed by atoms with Crippen molar-refractivity contribution in [2.24, 2.45) is 5.73 Å². The summed E-state index contributed by atoms with van der Waals surface area (Å²) < 4.78 is 0. The van der Waals surface area contributed by atoms with Gasteiger partial charge in [0.05, 0.1) is 5.69 Å². The van der Waals surface area contributed by atoms with Gasteiger partial charge in [-0.05, 0) is 42.3 Å². The smallest absolute Gasteiger partial charge is 0.248 e. The van der Waals surface area contributed by atoms with E-state index in [0.29, 0.717) is 11.3 Å². The molecule has 0 bridgehead atoms. The molecular weight excluding hydrogens is 238 g/mol. The molecule has 0 atom stereocenters. The zero-order valence-electron chi connectivity index (χ0n) is 9.14. The summed E-state index contributed by atoms with van der Waals surface area (Å²) >= 11 is 5.72. The number of primary amides is 1. The highest BCUT2D eigenvalue weighted by molar-refractivity contribution is 6.28. The Balaban J connectivity index is 2.48. The first-order valence-electron chi connectivity index (χ1n) is 4.97. The van der Waals surface area contributed by atoms with Gasteiger partial charge < -0.3 is 5.73 Å². The molecule has 0 unspecified atom stereocenters. The van der Waals surface area contributed by atoms with Gasteiger partial charge in [-0.2, -0.15) is 0 Å². The summed E-state index contributed by atoms with van der Waals surface area (Å²) in [5.74, 6) is -0.435. The number of rotatable bonds is 2. The first-order valence-corrected chi connectivity index (χ1v) is 5.35. The van der Waals surface area contributed by atoms with Crippen LogP contribution in [0.25, 0.3) is 11.3 Å². The molecule has 0 aliphatic rings. The molecule has 2 rings (SSSR count). The maximum absolute atomic E-state index is 11.1. The van der Waals surface area contributed by atoms with Crippen LogP contribution in [0.4, 0.5) is 0 Å². The molecule has 0 spiro atoms. The lowest BCUT2D eigenvalue weighted by atomic mass is 10.0. The molecule has 2 N–H and O–H groups in total. The second-order valence-electron chi connectivity index (χ2n) is 3.60. The lowest BCUT2D eigenvalue weighted by molar-refractivity contribution is 0.1000. The summed E-state index contributed by atoms with van der Waals surface area (Å²) in [5, 5.41) is 0.194. The molecule has 0 saturated carbocycles. The van der Waals surface area contributed by atoms with Crippen LogP contribution in [0.15, 0.2) is 30.5 Å². The highest BCUT2D eigenvalue weighted by Crippen LogP contribution is 2.20. The van der Waals surface area contributed by atoms with Crippen molar-refractivity contribution in [2.45, 2.75) is 6.92 Å². The topological polar surface area (TPSA) is 68.9 Å². The van der Waals surface area contributed by atoms with Crippen LogP contribution in [0.1, 0.15) is 15.9 Å². The van der Waals surface area contributed by atoms with Gasteiger partial charge in [-0.15, -0.1) is 0 Å². The monoisotopic (exact) mass is 247 g/mol. The molecule has 86 valence electrons. The molecule has 2 aromatic rings. The van der Waals surface area contributed by atoms with Gasteiger partial charge in [0.2, 0.25) is 11.2 Å². The highest BCUT2D eigenvalue weighted by atomic mass is 35.5. The van der Waals surface area contributed by atoms with E-state index in [4.69, 9.17) is 17.3 Å². The third-order valence-corrected chi connectivity index (χ3v) is 2.60. The Morgan fingerprint density at radius 1 is 1.35 bits per heavy atom. The van der Waals surface area contributed by atoms with Gasteiger partial charge in [0, 0.05) is 17.3 Å². The highest BCUT2D eigenvalue weighted by Gasteiger charge is 2.07. The molecule has 1 amide bonds. The van der Waals surface area contributed by atoms with Gasteiger partial charge in [-0.3, -0.25) is 4.79 Å². The number of amides is 1. The fourth-order valence-electron chi connectivity index (χ4n) is 1.60. The van der Waals surface area contributed by atoms with Gasteiger partial charge >= 0.3 is 0 Å². The van der Waals surface area contributed by atoms with E-state index in [2.05, 4.69) is 9.97 Å². The number of hydrogen-bond acceptors (Lipinski definition) is 3. The van der Waals surface area contributed by atoms with Crippen molar-refractivity contribution in [3.63, 3.8) is 0 Å². The minimum atomic E-state index is -0.435. The van der Waals surface area contributed by atoms with E-state index >= 15 is 0 Å². The van der Waals surface area contributed by atoms with E-state index in [1.807, 2.05) is 13.0 Å². The number of nitrogens with two attached hydrogens (primary N) is 1. The minimum absolute atomic E-state index is 0.194. The second kappa shape index (κ2) is 4.51. The Hall–Kier alpha value is -1.94. The number of halogens is 1. The lowest BCUT2D eigenvalue weighted by Crippen LogP contribution is -2.12. The maximum atomic E-state index is 11.1. The van der Waals surface area contributed by atoms with E-state index in [9.17, 15) is 4.79 Å².